The number of benzene rings is 2. The molecule has 1 fully saturated rings. The Morgan fingerprint density at radius 2 is 1.96 bits per heavy atom. The molecule has 0 N–H and O–H groups in total. The van der Waals surface area contributed by atoms with Crippen LogP contribution in [0.4, 0.5) is 5.69 Å². The molecule has 0 radical (unpaired) electrons. The molecule has 2 aromatic carbocycles. The molecule has 2 aliphatic heterocycles. The maximum Gasteiger partial charge on any atom is 0.277 e. The van der Waals surface area contributed by atoms with Crippen molar-refractivity contribution in [2.24, 2.45) is 0 Å². The second-order valence-electron chi connectivity index (χ2n) is 7.85. The van der Waals surface area contributed by atoms with Crippen molar-refractivity contribution in [3.05, 3.63) is 71.4 Å². The van der Waals surface area contributed by atoms with Gasteiger partial charge in [-0.25, -0.2) is 4.98 Å². The summed E-state index contributed by atoms with van der Waals surface area (Å²) in [6.07, 6.45) is 0.994. The minimum Gasteiger partial charge on any atom is -0.306 e. The molecule has 5 rings (SSSR count). The van der Waals surface area contributed by atoms with E-state index in [-0.39, 0.29) is 11.9 Å². The van der Waals surface area contributed by atoms with E-state index in [9.17, 15) is 4.79 Å². The minimum absolute atomic E-state index is 0.0166. The SMILES string of the molecule is Cc1ccc2c(c1)C1CN(C)CCC1N2C(=O)c1ccc2ccccc2n1. The van der Waals surface area contributed by atoms with Crippen LogP contribution in [0.2, 0.25) is 0 Å². The Hall–Kier alpha value is -2.72. The Labute approximate surface area is 159 Å². The largest absolute Gasteiger partial charge is 0.306 e. The number of amides is 1. The first-order chi connectivity index (χ1) is 13.1. The Morgan fingerprint density at radius 3 is 2.85 bits per heavy atom. The standard InChI is InChI=1S/C23H23N3O/c1-15-7-10-21-17(13-15)18-14-25(2)12-11-22(18)26(21)23(27)20-9-8-16-5-3-4-6-19(16)24-20/h3-10,13,18,22H,11-12,14H2,1-2H3. The molecule has 1 amide bonds. The number of anilines is 1. The van der Waals surface area contributed by atoms with Gasteiger partial charge in [-0.15, -0.1) is 0 Å². The van der Waals surface area contributed by atoms with Crippen molar-refractivity contribution >= 4 is 22.5 Å². The first kappa shape index (κ1) is 16.5. The summed E-state index contributed by atoms with van der Waals surface area (Å²) in [5, 5.41) is 1.06. The number of aromatic nitrogens is 1. The van der Waals surface area contributed by atoms with Crippen molar-refractivity contribution in [2.45, 2.75) is 25.3 Å². The third kappa shape index (κ3) is 2.63. The number of nitrogens with zero attached hydrogens (tertiary/aromatic N) is 3. The van der Waals surface area contributed by atoms with Crippen molar-refractivity contribution in [2.75, 3.05) is 25.0 Å². The van der Waals surface area contributed by atoms with Crippen LogP contribution in [0, 0.1) is 6.92 Å². The summed E-state index contributed by atoms with van der Waals surface area (Å²) >= 11 is 0. The number of para-hydroxylation sites is 1. The number of hydrogen-bond acceptors (Lipinski definition) is 3. The van der Waals surface area contributed by atoms with Gasteiger partial charge in [-0.05, 0) is 50.7 Å². The lowest BCUT2D eigenvalue weighted by atomic mass is 9.89. The average Bonchev–Trinajstić information content (AvgIpc) is 3.00. The van der Waals surface area contributed by atoms with Crippen LogP contribution in [0.15, 0.2) is 54.6 Å². The lowest BCUT2D eigenvalue weighted by Crippen LogP contribution is -2.47. The van der Waals surface area contributed by atoms with Gasteiger partial charge in [0, 0.05) is 29.6 Å². The molecule has 0 bridgehead atoms. The third-order valence-corrected chi connectivity index (χ3v) is 5.99. The smallest absolute Gasteiger partial charge is 0.277 e. The van der Waals surface area contributed by atoms with Gasteiger partial charge >= 0.3 is 0 Å². The molecular formula is C23H23N3O. The van der Waals surface area contributed by atoms with Gasteiger partial charge in [0.15, 0.2) is 0 Å². The molecule has 0 aliphatic carbocycles. The van der Waals surface area contributed by atoms with Crippen molar-refractivity contribution in [1.82, 2.24) is 9.88 Å². The molecule has 3 aromatic rings. The number of likely N-dealkylation sites (N-methyl/N-ethyl adjacent to an activating group) is 1. The first-order valence-electron chi connectivity index (χ1n) is 9.60. The number of rotatable bonds is 1. The molecule has 0 spiro atoms. The monoisotopic (exact) mass is 357 g/mol. The molecule has 4 nitrogen and oxygen atoms in total. The van der Waals surface area contributed by atoms with Crippen LogP contribution in [0.3, 0.4) is 0 Å². The molecule has 1 aromatic heterocycles. The van der Waals surface area contributed by atoms with E-state index in [1.165, 1.54) is 11.1 Å². The number of pyridine rings is 1. The van der Waals surface area contributed by atoms with Crippen molar-refractivity contribution in [1.29, 1.82) is 0 Å². The number of carbonyl (C=O) groups excluding carboxylic acids is 1. The lowest BCUT2D eigenvalue weighted by molar-refractivity contribution is 0.0960. The summed E-state index contributed by atoms with van der Waals surface area (Å²) in [5.41, 5.74) is 5.01. The fourth-order valence-electron chi connectivity index (χ4n) is 4.65. The summed E-state index contributed by atoms with van der Waals surface area (Å²) in [7, 11) is 2.17. The van der Waals surface area contributed by atoms with Crippen LogP contribution < -0.4 is 4.90 Å². The van der Waals surface area contributed by atoms with Crippen molar-refractivity contribution in [3.63, 3.8) is 0 Å². The predicted octanol–water partition coefficient (Wildman–Crippen LogP) is 3.99. The van der Waals surface area contributed by atoms with Crippen LogP contribution >= 0.6 is 0 Å². The highest BCUT2D eigenvalue weighted by atomic mass is 16.2. The number of fused-ring (bicyclic) bond motifs is 4. The number of hydrogen-bond donors (Lipinski definition) is 0. The highest BCUT2D eigenvalue weighted by Gasteiger charge is 2.44. The number of piperidine rings is 1. The maximum absolute atomic E-state index is 13.5. The summed E-state index contributed by atoms with van der Waals surface area (Å²) in [6, 6.07) is 18.5. The van der Waals surface area contributed by atoms with E-state index < -0.39 is 0 Å². The Balaban J connectivity index is 1.59. The molecule has 27 heavy (non-hydrogen) atoms. The van der Waals surface area contributed by atoms with Gasteiger partial charge in [-0.2, -0.15) is 0 Å². The zero-order chi connectivity index (χ0) is 18.5. The van der Waals surface area contributed by atoms with E-state index >= 15 is 0 Å². The zero-order valence-electron chi connectivity index (χ0n) is 15.7. The summed E-state index contributed by atoms with van der Waals surface area (Å²) < 4.78 is 0. The lowest BCUT2D eigenvalue weighted by Gasteiger charge is -2.36. The Bertz CT molecular complexity index is 1040. The van der Waals surface area contributed by atoms with Gasteiger partial charge in [0.25, 0.3) is 5.91 Å². The molecule has 0 saturated carbocycles. The van der Waals surface area contributed by atoms with Crippen LogP contribution in [-0.4, -0.2) is 42.0 Å². The van der Waals surface area contributed by atoms with Crippen molar-refractivity contribution in [3.8, 4) is 0 Å². The van der Waals surface area contributed by atoms with E-state index in [4.69, 9.17) is 0 Å². The second-order valence-corrected chi connectivity index (χ2v) is 7.85. The van der Waals surface area contributed by atoms with Crippen LogP contribution in [0.5, 0.6) is 0 Å². The molecule has 2 unspecified atom stereocenters. The van der Waals surface area contributed by atoms with Gasteiger partial charge in [0.05, 0.1) is 5.52 Å². The quantitative estimate of drug-likeness (QED) is 0.661. The van der Waals surface area contributed by atoms with Crippen molar-refractivity contribution < 1.29 is 4.79 Å². The van der Waals surface area contributed by atoms with Gasteiger partial charge in [-0.3, -0.25) is 4.79 Å². The Kier molecular flexibility index (Phi) is 3.76. The van der Waals surface area contributed by atoms with E-state index in [0.717, 1.165) is 36.1 Å². The normalized spacial score (nSPS) is 21.9. The molecule has 1 saturated heterocycles. The molecule has 4 heteroatoms. The van der Waals surface area contributed by atoms with Crippen LogP contribution in [0.25, 0.3) is 10.9 Å². The van der Waals surface area contributed by atoms with E-state index in [1.54, 1.807) is 0 Å². The topological polar surface area (TPSA) is 36.4 Å². The predicted molar refractivity (Wildman–Crippen MR) is 108 cm³/mol. The number of aryl methyl sites for hydroxylation is 1. The molecular weight excluding hydrogens is 334 g/mol. The molecule has 136 valence electrons. The first-order valence-corrected chi connectivity index (χ1v) is 9.60. The maximum atomic E-state index is 13.5. The second kappa shape index (κ2) is 6.17. The van der Waals surface area contributed by atoms with Gasteiger partial charge in [0.1, 0.15) is 5.69 Å². The Morgan fingerprint density at radius 1 is 1.11 bits per heavy atom. The van der Waals surface area contributed by atoms with Gasteiger partial charge in [-0.1, -0.05) is 42.0 Å². The third-order valence-electron chi connectivity index (χ3n) is 5.99. The highest BCUT2D eigenvalue weighted by molar-refractivity contribution is 6.07. The van der Waals surface area contributed by atoms with E-state index in [1.807, 2.05) is 41.3 Å². The van der Waals surface area contributed by atoms with Gasteiger partial charge in [0.2, 0.25) is 0 Å². The number of carbonyl (C=O) groups is 1. The average molecular weight is 357 g/mol. The summed E-state index contributed by atoms with van der Waals surface area (Å²) in [5.74, 6) is 0.394. The highest BCUT2D eigenvalue weighted by Crippen LogP contribution is 2.45. The van der Waals surface area contributed by atoms with Crippen LogP contribution in [0.1, 0.15) is 34.0 Å². The van der Waals surface area contributed by atoms with E-state index in [2.05, 4.69) is 42.1 Å². The minimum atomic E-state index is 0.0166. The van der Waals surface area contributed by atoms with Crippen LogP contribution in [-0.2, 0) is 0 Å². The summed E-state index contributed by atoms with van der Waals surface area (Å²) in [4.78, 5) is 22.6. The summed E-state index contributed by atoms with van der Waals surface area (Å²) in [6.45, 7) is 4.14. The molecule has 2 atom stereocenters. The zero-order valence-corrected chi connectivity index (χ0v) is 15.7. The fraction of sp³-hybridized carbons (Fsp3) is 0.304. The molecule has 3 heterocycles. The van der Waals surface area contributed by atoms with E-state index in [0.29, 0.717) is 11.6 Å². The van der Waals surface area contributed by atoms with Gasteiger partial charge < -0.3 is 9.80 Å². The fourth-order valence-corrected chi connectivity index (χ4v) is 4.65. The molecule has 2 aliphatic rings. The number of likely N-dealkylation sites (tertiary alicyclic amines) is 1.